The fourth-order valence-electron chi connectivity index (χ4n) is 8.69. The number of rotatable bonds is 24. The van der Waals surface area contributed by atoms with Gasteiger partial charge in [-0.1, -0.05) is 126 Å². The van der Waals surface area contributed by atoms with E-state index in [2.05, 4.69) is 162 Å². The number of pyridine rings is 2. The van der Waals surface area contributed by atoms with Gasteiger partial charge in [0.25, 0.3) is 0 Å². The average Bonchev–Trinajstić information content (AvgIpc) is 4.17. The van der Waals surface area contributed by atoms with Crippen LogP contribution in [0.15, 0.2) is 157 Å². The van der Waals surface area contributed by atoms with Crippen molar-refractivity contribution in [1.82, 2.24) is 9.97 Å². The quantitative estimate of drug-likeness (QED) is 0.0462. The van der Waals surface area contributed by atoms with Crippen LogP contribution in [0.25, 0.3) is 22.3 Å². The molecule has 1 N–H and O–H groups in total. The minimum atomic E-state index is -0.506. The van der Waals surface area contributed by atoms with Gasteiger partial charge < -0.3 is 28.8 Å². The number of hydrogen-bond acceptors (Lipinski definition) is 12. The maximum atomic E-state index is 11.7. The Labute approximate surface area is 468 Å². The van der Waals surface area contributed by atoms with Crippen LogP contribution < -0.4 is 14.2 Å². The lowest BCUT2D eigenvalue weighted by Gasteiger charge is -2.16. The molecule has 0 fully saturated rings. The lowest BCUT2D eigenvalue weighted by molar-refractivity contribution is 0.0591. The molecular formula is C64H71ClN2O8S2. The average molecular weight is 1100 g/mol. The first-order valence-corrected chi connectivity index (χ1v) is 28.6. The summed E-state index contributed by atoms with van der Waals surface area (Å²) in [6, 6.07) is 41.6. The van der Waals surface area contributed by atoms with Crippen LogP contribution in [-0.2, 0) is 35.2 Å². The van der Waals surface area contributed by atoms with Crippen molar-refractivity contribution < 1.29 is 38.4 Å². The number of benzene rings is 4. The van der Waals surface area contributed by atoms with Gasteiger partial charge >= 0.3 is 11.9 Å². The van der Waals surface area contributed by atoms with E-state index in [1.807, 2.05) is 0 Å². The molecule has 77 heavy (non-hydrogen) atoms. The maximum Gasteiger partial charge on any atom is 0.339 e. The topological polar surface area (TPSA) is 126 Å². The summed E-state index contributed by atoms with van der Waals surface area (Å²) in [7, 11) is 2.62. The molecule has 0 atom stereocenters. The highest BCUT2D eigenvalue weighted by molar-refractivity contribution is 7.10. The van der Waals surface area contributed by atoms with E-state index in [4.69, 9.17) is 35.7 Å². The Kier molecular flexibility index (Phi) is 24.6. The fraction of sp³-hybridized carbons (Fsp3) is 0.312. The molecule has 0 unspecified atom stereocenters. The number of alkyl halides is 1. The van der Waals surface area contributed by atoms with Crippen molar-refractivity contribution in [3.05, 3.63) is 200 Å². The minimum absolute atomic E-state index is 0.0482. The first-order chi connectivity index (χ1) is 37.6. The van der Waals surface area contributed by atoms with Gasteiger partial charge in [-0.05, 0) is 141 Å². The van der Waals surface area contributed by atoms with Gasteiger partial charge in [0.2, 0.25) is 0 Å². The van der Waals surface area contributed by atoms with E-state index in [-0.39, 0.29) is 11.3 Å². The molecule has 0 aliphatic carbocycles. The third kappa shape index (κ3) is 18.9. The summed E-state index contributed by atoms with van der Waals surface area (Å²) >= 11 is 9.25. The summed E-state index contributed by atoms with van der Waals surface area (Å²) in [5.74, 6) is 3.27. The molecule has 0 amide bonds. The Morgan fingerprint density at radius 3 is 1.32 bits per heavy atom. The molecule has 0 saturated carbocycles. The Balaban J connectivity index is 0.000000214. The molecule has 0 spiro atoms. The standard InChI is InChI=1S/C32H35NO4S.C25H29ClOS.C7H7NO3/c1-4-6-24(7-5-2)25-12-14-29(15-13-25)36-20-23-8-10-26(11-9-23)28-17-31(38-22-28)21-37-30-16-27(18-33-19-30)32(34)35-3;1-3-5-20(6-4-2)21-11-13-24(14-12-21)27-17-19-7-9-22(10-8-19)23-15-25(16-26)28-18-23;1-11-7(10)5-2-6(9)4-8-3-5/h8-19,22,24H,4-7,20-21H2,1-3H3;7-15,18,20H,3-6,16-17H2,1-2H3;2-4,9H,1H3. The number of halogens is 1. The normalized spacial score (nSPS) is 10.8. The van der Waals surface area contributed by atoms with Gasteiger partial charge in [0.15, 0.2) is 0 Å². The van der Waals surface area contributed by atoms with E-state index in [0.717, 1.165) is 33.1 Å². The molecular weight excluding hydrogens is 1020 g/mol. The predicted octanol–water partition coefficient (Wildman–Crippen LogP) is 17.4. The predicted molar refractivity (Wildman–Crippen MR) is 313 cm³/mol. The van der Waals surface area contributed by atoms with Crippen LogP contribution in [0.4, 0.5) is 0 Å². The number of aromatic hydroxyl groups is 1. The third-order valence-electron chi connectivity index (χ3n) is 12.7. The van der Waals surface area contributed by atoms with E-state index < -0.39 is 11.9 Å². The van der Waals surface area contributed by atoms with Crippen molar-refractivity contribution in [3.63, 3.8) is 0 Å². The van der Waals surface area contributed by atoms with Gasteiger partial charge in [-0.3, -0.25) is 9.97 Å². The second-order valence-corrected chi connectivity index (χ2v) is 20.8. The molecule has 4 aromatic heterocycles. The van der Waals surface area contributed by atoms with Gasteiger partial charge in [0, 0.05) is 22.1 Å². The van der Waals surface area contributed by atoms with E-state index >= 15 is 0 Å². The Morgan fingerprint density at radius 1 is 0.494 bits per heavy atom. The Bertz CT molecular complexity index is 2980. The van der Waals surface area contributed by atoms with Crippen LogP contribution in [0.1, 0.15) is 144 Å². The van der Waals surface area contributed by atoms with Crippen LogP contribution in [0.2, 0.25) is 0 Å². The molecule has 8 rings (SSSR count). The number of nitrogens with zero attached hydrogens (tertiary/aromatic N) is 2. The second-order valence-electron chi connectivity index (χ2n) is 18.5. The van der Waals surface area contributed by atoms with Gasteiger partial charge in [-0.25, -0.2) is 9.59 Å². The summed E-state index contributed by atoms with van der Waals surface area (Å²) in [5.41, 5.74) is 10.5. The monoisotopic (exact) mass is 1090 g/mol. The van der Waals surface area contributed by atoms with Crippen LogP contribution in [0.5, 0.6) is 23.0 Å². The second kappa shape index (κ2) is 31.9. The Hall–Kier alpha value is -6.99. The SMILES string of the molecule is CCCC(CCC)c1ccc(OCc2ccc(-c3csc(CCl)c3)cc2)cc1.CCCC(CCC)c1ccc(OCc2ccc(-c3csc(COc4cncc(C(=O)OC)c4)c3)cc2)cc1.COC(=O)c1cncc(O)c1. The highest BCUT2D eigenvalue weighted by atomic mass is 35.5. The number of hydrogen-bond donors (Lipinski definition) is 1. The molecule has 0 aliphatic rings. The lowest BCUT2D eigenvalue weighted by atomic mass is 9.90. The van der Waals surface area contributed by atoms with Gasteiger partial charge in [0.1, 0.15) is 42.8 Å². The largest absolute Gasteiger partial charge is 0.506 e. The molecule has 13 heteroatoms. The maximum absolute atomic E-state index is 11.7. The first kappa shape index (κ1) is 59.3. The molecule has 0 radical (unpaired) electrons. The van der Waals surface area contributed by atoms with Crippen LogP contribution in [0, 0.1) is 0 Å². The molecule has 0 aliphatic heterocycles. The molecule has 404 valence electrons. The highest BCUT2D eigenvalue weighted by Crippen LogP contribution is 2.32. The number of carbonyl (C=O) groups is 2. The number of aromatic nitrogens is 2. The summed E-state index contributed by atoms with van der Waals surface area (Å²) in [6.45, 7) is 10.6. The van der Waals surface area contributed by atoms with Crippen LogP contribution in [0.3, 0.4) is 0 Å². The van der Waals surface area contributed by atoms with Crippen LogP contribution >= 0.6 is 34.3 Å². The van der Waals surface area contributed by atoms with Gasteiger partial charge in [-0.15, -0.1) is 34.3 Å². The molecule has 4 heterocycles. The summed E-state index contributed by atoms with van der Waals surface area (Å²) in [5, 5.41) is 13.2. The van der Waals surface area contributed by atoms with Crippen molar-refractivity contribution in [2.75, 3.05) is 14.2 Å². The molecule has 10 nitrogen and oxygen atoms in total. The van der Waals surface area contributed by atoms with Crippen molar-refractivity contribution in [1.29, 1.82) is 0 Å². The van der Waals surface area contributed by atoms with E-state index in [1.165, 1.54) is 123 Å². The molecule has 0 saturated heterocycles. The number of esters is 2. The fourth-order valence-corrected chi connectivity index (χ4v) is 10.5. The van der Waals surface area contributed by atoms with E-state index in [9.17, 15) is 9.59 Å². The Morgan fingerprint density at radius 2 is 0.909 bits per heavy atom. The molecule has 4 aromatic carbocycles. The van der Waals surface area contributed by atoms with Crippen molar-refractivity contribution in [3.8, 4) is 45.3 Å². The number of thiophene rings is 2. The van der Waals surface area contributed by atoms with Crippen molar-refractivity contribution >= 4 is 46.2 Å². The van der Waals surface area contributed by atoms with E-state index in [0.29, 0.717) is 48.8 Å². The number of carbonyl (C=O) groups excluding carboxylic acids is 2. The zero-order valence-electron chi connectivity index (χ0n) is 45.0. The highest BCUT2D eigenvalue weighted by Gasteiger charge is 2.13. The smallest absolute Gasteiger partial charge is 0.339 e. The van der Waals surface area contributed by atoms with Gasteiger partial charge in [-0.2, -0.15) is 0 Å². The molecule has 0 bridgehead atoms. The summed E-state index contributed by atoms with van der Waals surface area (Å²) in [4.78, 5) is 32.4. The summed E-state index contributed by atoms with van der Waals surface area (Å²) in [6.07, 6.45) is 15.5. The zero-order chi connectivity index (χ0) is 54.8. The lowest BCUT2D eigenvalue weighted by Crippen LogP contribution is -2.02. The number of ether oxygens (including phenoxy) is 5. The van der Waals surface area contributed by atoms with Crippen molar-refractivity contribution in [2.45, 2.75) is 117 Å². The number of methoxy groups -OCH3 is 2. The minimum Gasteiger partial charge on any atom is -0.506 e. The third-order valence-corrected chi connectivity index (χ3v) is 15.0. The zero-order valence-corrected chi connectivity index (χ0v) is 47.4. The van der Waals surface area contributed by atoms with Crippen molar-refractivity contribution in [2.24, 2.45) is 0 Å². The first-order valence-electron chi connectivity index (χ1n) is 26.3. The molecule has 8 aromatic rings. The van der Waals surface area contributed by atoms with Gasteiger partial charge in [0.05, 0.1) is 43.6 Å². The van der Waals surface area contributed by atoms with Crippen LogP contribution in [-0.4, -0.2) is 41.2 Å². The van der Waals surface area contributed by atoms with E-state index in [1.54, 1.807) is 34.9 Å². The summed E-state index contributed by atoms with van der Waals surface area (Å²) < 4.78 is 27.0.